The highest BCUT2D eigenvalue weighted by Gasteiger charge is 2.34. The Morgan fingerprint density at radius 3 is 2.52 bits per heavy atom. The molecule has 0 unspecified atom stereocenters. The van der Waals surface area contributed by atoms with Gasteiger partial charge in [0.25, 0.3) is 5.91 Å². The summed E-state index contributed by atoms with van der Waals surface area (Å²) in [6, 6.07) is 6.57. The maximum Gasteiger partial charge on any atom is 0.435 e. The van der Waals surface area contributed by atoms with E-state index in [0.717, 1.165) is 6.07 Å². The van der Waals surface area contributed by atoms with Crippen molar-refractivity contribution in [2.75, 3.05) is 13.1 Å². The molecule has 2 aromatic heterocycles. The van der Waals surface area contributed by atoms with Crippen LogP contribution in [0.15, 0.2) is 36.5 Å². The van der Waals surface area contributed by atoms with Crippen LogP contribution in [0.5, 0.6) is 0 Å². The van der Waals surface area contributed by atoms with Gasteiger partial charge in [-0.05, 0) is 44.0 Å². The number of hydrogen-bond acceptors (Lipinski definition) is 3. The molecular weight excluding hydrogens is 388 g/mol. The summed E-state index contributed by atoms with van der Waals surface area (Å²) in [6.45, 7) is 2.53. The van der Waals surface area contributed by atoms with Gasteiger partial charge in [0.05, 0.1) is 17.1 Å². The van der Waals surface area contributed by atoms with Crippen LogP contribution in [0.2, 0.25) is 0 Å². The van der Waals surface area contributed by atoms with Crippen LogP contribution in [-0.2, 0) is 6.18 Å². The molecule has 1 aliphatic heterocycles. The van der Waals surface area contributed by atoms with Gasteiger partial charge >= 0.3 is 6.18 Å². The van der Waals surface area contributed by atoms with Gasteiger partial charge in [0.15, 0.2) is 5.69 Å². The Kier molecular flexibility index (Phi) is 4.76. The minimum absolute atomic E-state index is 0.193. The van der Waals surface area contributed by atoms with Gasteiger partial charge in [-0.3, -0.25) is 14.5 Å². The average molecular weight is 406 g/mol. The average Bonchev–Trinajstić information content (AvgIpc) is 3.17. The molecule has 3 aromatic rings. The van der Waals surface area contributed by atoms with E-state index in [0.29, 0.717) is 48.1 Å². The second-order valence-electron chi connectivity index (χ2n) is 7.17. The molecule has 1 saturated heterocycles. The molecule has 0 spiro atoms. The van der Waals surface area contributed by atoms with E-state index in [1.54, 1.807) is 24.0 Å². The zero-order chi connectivity index (χ0) is 20.8. The number of aromatic nitrogens is 3. The summed E-state index contributed by atoms with van der Waals surface area (Å²) in [5.41, 5.74) is 0.559. The number of carbonyl (C=O) groups is 1. The first-order valence-electron chi connectivity index (χ1n) is 9.21. The summed E-state index contributed by atoms with van der Waals surface area (Å²) in [6.07, 6.45) is -2.14. The van der Waals surface area contributed by atoms with Gasteiger partial charge in [-0.15, -0.1) is 0 Å². The molecule has 29 heavy (non-hydrogen) atoms. The molecule has 152 valence electrons. The highest BCUT2D eigenvalue weighted by molar-refractivity contribution is 6.06. The third-order valence-corrected chi connectivity index (χ3v) is 5.15. The number of pyridine rings is 1. The van der Waals surface area contributed by atoms with Crippen LogP contribution in [0, 0.1) is 12.7 Å². The smallest absolute Gasteiger partial charge is 0.338 e. The number of carbonyl (C=O) groups excluding carboxylic acids is 1. The molecule has 4 rings (SSSR count). The maximum atomic E-state index is 13.5. The number of rotatable bonds is 2. The third-order valence-electron chi connectivity index (χ3n) is 5.15. The lowest BCUT2D eigenvalue weighted by Gasteiger charge is -2.32. The molecule has 1 amide bonds. The van der Waals surface area contributed by atoms with Crippen LogP contribution >= 0.6 is 0 Å². The first-order valence-corrected chi connectivity index (χ1v) is 9.21. The second kappa shape index (κ2) is 7.13. The molecule has 0 bridgehead atoms. The van der Waals surface area contributed by atoms with Crippen molar-refractivity contribution in [2.45, 2.75) is 32.0 Å². The quantitative estimate of drug-likeness (QED) is 0.594. The number of piperidine rings is 1. The Balaban J connectivity index is 1.51. The highest BCUT2D eigenvalue weighted by atomic mass is 19.4. The van der Waals surface area contributed by atoms with E-state index < -0.39 is 17.7 Å². The van der Waals surface area contributed by atoms with Gasteiger partial charge in [-0.25, -0.2) is 4.39 Å². The Hall–Kier alpha value is -2.97. The zero-order valence-electron chi connectivity index (χ0n) is 15.6. The molecular formula is C20H18F4N4O. The lowest BCUT2D eigenvalue weighted by atomic mass is 10.0. The summed E-state index contributed by atoms with van der Waals surface area (Å²) >= 11 is 0. The van der Waals surface area contributed by atoms with Gasteiger partial charge in [-0.2, -0.15) is 18.3 Å². The summed E-state index contributed by atoms with van der Waals surface area (Å²) in [7, 11) is 0. The number of hydrogen-bond donors (Lipinski definition) is 0. The topological polar surface area (TPSA) is 51.0 Å². The largest absolute Gasteiger partial charge is 0.435 e. The lowest BCUT2D eigenvalue weighted by Crippen LogP contribution is -2.39. The highest BCUT2D eigenvalue weighted by Crippen LogP contribution is 2.30. The molecule has 9 heteroatoms. The van der Waals surface area contributed by atoms with E-state index in [9.17, 15) is 22.4 Å². The number of halogens is 4. The molecule has 0 aliphatic carbocycles. The fourth-order valence-electron chi connectivity index (χ4n) is 3.71. The Labute approximate surface area is 163 Å². The van der Waals surface area contributed by atoms with E-state index in [-0.39, 0.29) is 11.9 Å². The number of benzene rings is 1. The number of likely N-dealkylation sites (tertiary alicyclic amines) is 1. The van der Waals surface area contributed by atoms with E-state index in [1.165, 1.54) is 23.0 Å². The summed E-state index contributed by atoms with van der Waals surface area (Å²) in [5.74, 6) is -0.616. The van der Waals surface area contributed by atoms with E-state index in [2.05, 4.69) is 10.1 Å². The molecule has 0 saturated carbocycles. The van der Waals surface area contributed by atoms with Crippen molar-refractivity contribution in [1.82, 2.24) is 19.7 Å². The van der Waals surface area contributed by atoms with Crippen molar-refractivity contribution < 1.29 is 22.4 Å². The minimum Gasteiger partial charge on any atom is -0.338 e. The Morgan fingerprint density at radius 1 is 1.14 bits per heavy atom. The molecule has 0 atom stereocenters. The zero-order valence-corrected chi connectivity index (χ0v) is 15.6. The van der Waals surface area contributed by atoms with Crippen LogP contribution in [0.3, 0.4) is 0 Å². The van der Waals surface area contributed by atoms with Crippen molar-refractivity contribution in [3.8, 4) is 0 Å². The number of amides is 1. The first kappa shape index (κ1) is 19.4. The first-order chi connectivity index (χ1) is 13.7. The third kappa shape index (κ3) is 3.81. The van der Waals surface area contributed by atoms with Crippen LogP contribution in [0.4, 0.5) is 17.6 Å². The molecule has 5 nitrogen and oxygen atoms in total. The predicted octanol–water partition coefficient (Wildman–Crippen LogP) is 4.37. The van der Waals surface area contributed by atoms with Crippen LogP contribution in [0.1, 0.15) is 40.6 Å². The van der Waals surface area contributed by atoms with Gasteiger partial charge in [0.2, 0.25) is 0 Å². The van der Waals surface area contributed by atoms with Crippen LogP contribution in [0.25, 0.3) is 10.9 Å². The molecule has 1 aliphatic rings. The summed E-state index contributed by atoms with van der Waals surface area (Å²) in [5, 5.41) is 4.21. The summed E-state index contributed by atoms with van der Waals surface area (Å²) in [4.78, 5) is 19.0. The minimum atomic E-state index is -4.47. The second-order valence-corrected chi connectivity index (χ2v) is 7.17. The van der Waals surface area contributed by atoms with Crippen LogP contribution < -0.4 is 0 Å². The lowest BCUT2D eigenvalue weighted by molar-refractivity contribution is -0.141. The Morgan fingerprint density at radius 2 is 1.86 bits per heavy atom. The van der Waals surface area contributed by atoms with E-state index in [1.807, 2.05) is 0 Å². The van der Waals surface area contributed by atoms with Gasteiger partial charge in [0.1, 0.15) is 5.82 Å². The standard InChI is InChI=1S/C20H18F4N4O/c1-12-10-16(15-3-2-13(21)11-17(15)25-12)19(29)27-7-4-14(5-8-27)28-9-6-18(26-28)20(22,23)24/h2-3,6,9-11,14H,4-5,7-8H2,1H3. The SMILES string of the molecule is Cc1cc(C(=O)N2CCC(n3ccc(C(F)(F)F)n3)CC2)c2ccc(F)cc2n1. The normalized spacial score (nSPS) is 15.8. The molecule has 0 N–H and O–H groups in total. The monoisotopic (exact) mass is 406 g/mol. The van der Waals surface area contributed by atoms with Gasteiger partial charge < -0.3 is 4.90 Å². The van der Waals surface area contributed by atoms with Crippen molar-refractivity contribution in [1.29, 1.82) is 0 Å². The van der Waals surface area contributed by atoms with Gasteiger partial charge in [-0.1, -0.05) is 0 Å². The van der Waals surface area contributed by atoms with Crippen molar-refractivity contribution in [3.05, 3.63) is 59.3 Å². The Bertz CT molecular complexity index is 1060. The number of aryl methyl sites for hydroxylation is 1. The number of fused-ring (bicyclic) bond motifs is 1. The van der Waals surface area contributed by atoms with E-state index >= 15 is 0 Å². The fraction of sp³-hybridized carbons (Fsp3) is 0.350. The van der Waals surface area contributed by atoms with Gasteiger partial charge in [0, 0.05) is 36.4 Å². The molecule has 3 heterocycles. The van der Waals surface area contributed by atoms with E-state index in [4.69, 9.17) is 0 Å². The van der Waals surface area contributed by atoms with Crippen molar-refractivity contribution >= 4 is 16.8 Å². The maximum absolute atomic E-state index is 13.5. The molecule has 1 fully saturated rings. The number of alkyl halides is 3. The van der Waals surface area contributed by atoms with Crippen molar-refractivity contribution in [3.63, 3.8) is 0 Å². The van der Waals surface area contributed by atoms with Crippen molar-refractivity contribution in [2.24, 2.45) is 0 Å². The summed E-state index contributed by atoms with van der Waals surface area (Å²) < 4.78 is 53.1. The number of nitrogens with zero attached hydrogens (tertiary/aromatic N) is 4. The predicted molar refractivity (Wildman–Crippen MR) is 97.8 cm³/mol. The molecule has 1 aromatic carbocycles. The van der Waals surface area contributed by atoms with Crippen LogP contribution in [-0.4, -0.2) is 38.7 Å². The fourth-order valence-corrected chi connectivity index (χ4v) is 3.71. The molecule has 0 radical (unpaired) electrons.